The minimum atomic E-state index is 0.0613. The fourth-order valence-corrected chi connectivity index (χ4v) is 1.93. The number of rotatable bonds is 3. The first-order valence-corrected chi connectivity index (χ1v) is 5.87. The zero-order valence-corrected chi connectivity index (χ0v) is 9.41. The molecule has 0 saturated carbocycles. The highest BCUT2D eigenvalue weighted by atomic mass is 16.2. The number of nitrogens with one attached hydrogen (secondary N) is 2. The number of H-pyrrole nitrogens is 1. The van der Waals surface area contributed by atoms with Crippen LogP contribution in [0, 0.1) is 0 Å². The Hall–Kier alpha value is -1.52. The van der Waals surface area contributed by atoms with Gasteiger partial charge in [-0.3, -0.25) is 0 Å². The van der Waals surface area contributed by atoms with Crippen LogP contribution in [0.5, 0.6) is 0 Å². The molecule has 1 aromatic rings. The summed E-state index contributed by atoms with van der Waals surface area (Å²) in [5.74, 6) is 0.916. The molecule has 2 rings (SSSR count). The molecule has 1 aromatic heterocycles. The number of likely N-dealkylation sites (tertiary alicyclic amines) is 1. The van der Waals surface area contributed by atoms with Crippen molar-refractivity contribution >= 4 is 6.03 Å². The molecule has 0 bridgehead atoms. The number of carbonyl (C=O) groups is 1. The molecule has 1 aliphatic rings. The van der Waals surface area contributed by atoms with Crippen molar-refractivity contribution < 1.29 is 4.79 Å². The van der Waals surface area contributed by atoms with Crippen molar-refractivity contribution in [2.75, 3.05) is 19.6 Å². The van der Waals surface area contributed by atoms with Crippen molar-refractivity contribution in [3.05, 3.63) is 18.2 Å². The first-order valence-electron chi connectivity index (χ1n) is 5.87. The summed E-state index contributed by atoms with van der Waals surface area (Å²) in [6.45, 7) is 2.43. The number of nitrogens with zero attached hydrogens (tertiary/aromatic N) is 2. The standard InChI is InChI=1S/C11H18N4O/c16-11(15-8-2-1-3-9-15)14-5-4-10-12-6-7-13-10/h6-7H,1-5,8-9H2,(H,12,13)(H,14,16). The summed E-state index contributed by atoms with van der Waals surface area (Å²) in [6, 6.07) is 0.0613. The predicted molar refractivity (Wildman–Crippen MR) is 61.1 cm³/mol. The van der Waals surface area contributed by atoms with Gasteiger partial charge in [-0.1, -0.05) is 0 Å². The van der Waals surface area contributed by atoms with Crippen LogP contribution in [0.2, 0.25) is 0 Å². The number of carbonyl (C=O) groups excluding carboxylic acids is 1. The van der Waals surface area contributed by atoms with Crippen LogP contribution in [0.3, 0.4) is 0 Å². The number of hydrogen-bond acceptors (Lipinski definition) is 2. The first kappa shape index (κ1) is 11.0. The van der Waals surface area contributed by atoms with E-state index in [9.17, 15) is 4.79 Å². The molecule has 88 valence electrons. The van der Waals surface area contributed by atoms with E-state index in [-0.39, 0.29) is 6.03 Å². The molecule has 5 heteroatoms. The molecule has 0 atom stereocenters. The van der Waals surface area contributed by atoms with Gasteiger partial charge in [0.2, 0.25) is 0 Å². The summed E-state index contributed by atoms with van der Waals surface area (Å²) in [7, 11) is 0. The molecule has 0 radical (unpaired) electrons. The van der Waals surface area contributed by atoms with E-state index in [2.05, 4.69) is 15.3 Å². The Labute approximate surface area is 95.2 Å². The van der Waals surface area contributed by atoms with E-state index >= 15 is 0 Å². The Kier molecular flexibility index (Phi) is 3.80. The number of imidazole rings is 1. The summed E-state index contributed by atoms with van der Waals surface area (Å²) in [4.78, 5) is 20.7. The van der Waals surface area contributed by atoms with Gasteiger partial charge in [0.05, 0.1) is 0 Å². The zero-order chi connectivity index (χ0) is 11.2. The largest absolute Gasteiger partial charge is 0.349 e. The van der Waals surface area contributed by atoms with Crippen LogP contribution in [0.25, 0.3) is 0 Å². The van der Waals surface area contributed by atoms with Crippen LogP contribution in [-0.4, -0.2) is 40.5 Å². The molecule has 1 saturated heterocycles. The van der Waals surface area contributed by atoms with Crippen molar-refractivity contribution in [3.8, 4) is 0 Å². The molecule has 1 fully saturated rings. The lowest BCUT2D eigenvalue weighted by Crippen LogP contribution is -2.43. The van der Waals surface area contributed by atoms with E-state index in [1.807, 2.05) is 4.90 Å². The molecule has 5 nitrogen and oxygen atoms in total. The molecular weight excluding hydrogens is 204 g/mol. The minimum Gasteiger partial charge on any atom is -0.349 e. The summed E-state index contributed by atoms with van der Waals surface area (Å²) >= 11 is 0. The highest BCUT2D eigenvalue weighted by Gasteiger charge is 2.15. The first-order chi connectivity index (χ1) is 7.86. The van der Waals surface area contributed by atoms with Crippen LogP contribution >= 0.6 is 0 Å². The van der Waals surface area contributed by atoms with Crippen LogP contribution in [0.15, 0.2) is 12.4 Å². The lowest BCUT2D eigenvalue weighted by Gasteiger charge is -2.26. The van der Waals surface area contributed by atoms with Crippen LogP contribution in [0.1, 0.15) is 25.1 Å². The van der Waals surface area contributed by atoms with Gasteiger partial charge in [-0.2, -0.15) is 0 Å². The second kappa shape index (κ2) is 5.53. The Morgan fingerprint density at radius 1 is 1.44 bits per heavy atom. The van der Waals surface area contributed by atoms with E-state index < -0.39 is 0 Å². The quantitative estimate of drug-likeness (QED) is 0.806. The topological polar surface area (TPSA) is 61.0 Å². The van der Waals surface area contributed by atoms with Gasteiger partial charge in [0, 0.05) is 38.4 Å². The Balaban J connectivity index is 1.67. The van der Waals surface area contributed by atoms with E-state index in [4.69, 9.17) is 0 Å². The van der Waals surface area contributed by atoms with Gasteiger partial charge in [-0.15, -0.1) is 0 Å². The molecule has 16 heavy (non-hydrogen) atoms. The Morgan fingerprint density at radius 3 is 2.94 bits per heavy atom. The highest BCUT2D eigenvalue weighted by molar-refractivity contribution is 5.74. The van der Waals surface area contributed by atoms with E-state index in [0.717, 1.165) is 38.2 Å². The van der Waals surface area contributed by atoms with Gasteiger partial charge in [-0.25, -0.2) is 9.78 Å². The highest BCUT2D eigenvalue weighted by Crippen LogP contribution is 2.08. The van der Waals surface area contributed by atoms with Crippen molar-refractivity contribution in [3.63, 3.8) is 0 Å². The average molecular weight is 222 g/mol. The predicted octanol–water partition coefficient (Wildman–Crippen LogP) is 1.15. The molecule has 0 spiro atoms. The third kappa shape index (κ3) is 2.98. The van der Waals surface area contributed by atoms with E-state index in [0.29, 0.717) is 6.54 Å². The van der Waals surface area contributed by atoms with Gasteiger partial charge in [0.25, 0.3) is 0 Å². The minimum absolute atomic E-state index is 0.0613. The monoisotopic (exact) mass is 222 g/mol. The Morgan fingerprint density at radius 2 is 2.25 bits per heavy atom. The molecule has 2 amide bonds. The number of amides is 2. The number of hydrogen-bond donors (Lipinski definition) is 2. The van der Waals surface area contributed by atoms with Crippen molar-refractivity contribution in [1.82, 2.24) is 20.2 Å². The lowest BCUT2D eigenvalue weighted by molar-refractivity contribution is 0.186. The summed E-state index contributed by atoms with van der Waals surface area (Å²) in [5, 5.41) is 2.92. The maximum atomic E-state index is 11.7. The molecule has 1 aliphatic heterocycles. The second-order valence-corrected chi connectivity index (χ2v) is 4.07. The van der Waals surface area contributed by atoms with Gasteiger partial charge >= 0.3 is 6.03 Å². The fraction of sp³-hybridized carbons (Fsp3) is 0.636. The maximum Gasteiger partial charge on any atom is 0.317 e. The SMILES string of the molecule is O=C(NCCc1ncc[nH]1)N1CCCCC1. The fourth-order valence-electron chi connectivity index (χ4n) is 1.93. The third-order valence-corrected chi connectivity index (χ3v) is 2.84. The summed E-state index contributed by atoms with van der Waals surface area (Å²) < 4.78 is 0. The normalized spacial score (nSPS) is 16.1. The molecule has 2 N–H and O–H groups in total. The summed E-state index contributed by atoms with van der Waals surface area (Å²) in [5.41, 5.74) is 0. The maximum absolute atomic E-state index is 11.7. The zero-order valence-electron chi connectivity index (χ0n) is 9.41. The van der Waals surface area contributed by atoms with E-state index in [1.54, 1.807) is 12.4 Å². The molecule has 0 aromatic carbocycles. The lowest BCUT2D eigenvalue weighted by atomic mass is 10.1. The van der Waals surface area contributed by atoms with Crippen molar-refractivity contribution in [2.45, 2.75) is 25.7 Å². The number of aromatic amines is 1. The number of aromatic nitrogens is 2. The molecule has 0 unspecified atom stereocenters. The number of urea groups is 1. The Bertz CT molecular complexity index is 317. The van der Waals surface area contributed by atoms with Crippen molar-refractivity contribution in [2.24, 2.45) is 0 Å². The van der Waals surface area contributed by atoms with Gasteiger partial charge in [0.1, 0.15) is 5.82 Å². The molecular formula is C11H18N4O. The van der Waals surface area contributed by atoms with E-state index in [1.165, 1.54) is 6.42 Å². The van der Waals surface area contributed by atoms with Gasteiger partial charge < -0.3 is 15.2 Å². The van der Waals surface area contributed by atoms with Crippen LogP contribution in [0.4, 0.5) is 4.79 Å². The third-order valence-electron chi connectivity index (χ3n) is 2.84. The second-order valence-electron chi connectivity index (χ2n) is 4.07. The number of piperidine rings is 1. The van der Waals surface area contributed by atoms with Gasteiger partial charge in [0.15, 0.2) is 0 Å². The van der Waals surface area contributed by atoms with Crippen LogP contribution in [-0.2, 0) is 6.42 Å². The molecule has 0 aliphatic carbocycles. The van der Waals surface area contributed by atoms with Crippen molar-refractivity contribution in [1.29, 1.82) is 0 Å². The van der Waals surface area contributed by atoms with Gasteiger partial charge in [-0.05, 0) is 19.3 Å². The average Bonchev–Trinajstić information content (AvgIpc) is 2.83. The van der Waals surface area contributed by atoms with Crippen LogP contribution < -0.4 is 5.32 Å². The smallest absolute Gasteiger partial charge is 0.317 e. The molecule has 2 heterocycles. The summed E-state index contributed by atoms with van der Waals surface area (Å²) in [6.07, 6.45) is 7.78.